The summed E-state index contributed by atoms with van der Waals surface area (Å²) < 4.78 is 6.04. The van der Waals surface area contributed by atoms with Crippen LogP contribution in [0, 0.1) is 6.92 Å². The van der Waals surface area contributed by atoms with Gasteiger partial charge in [-0.25, -0.2) is 4.98 Å². The molecule has 2 aromatic rings. The standard InChI is InChI=1S/C12H12ClNOS/c1-3-15-10-6-4-5-9(7-10)11-8(2)16-12(13)14-11/h4-7H,3H2,1-2H3. The number of hydrogen-bond donors (Lipinski definition) is 0. The Balaban J connectivity index is 2.40. The van der Waals surface area contributed by atoms with E-state index in [4.69, 9.17) is 16.3 Å². The van der Waals surface area contributed by atoms with E-state index in [1.165, 1.54) is 11.3 Å². The second-order valence-electron chi connectivity index (χ2n) is 3.33. The summed E-state index contributed by atoms with van der Waals surface area (Å²) in [5.74, 6) is 0.864. The predicted molar refractivity (Wildman–Crippen MR) is 68.5 cm³/mol. The van der Waals surface area contributed by atoms with E-state index in [2.05, 4.69) is 4.98 Å². The molecule has 0 bridgehead atoms. The lowest BCUT2D eigenvalue weighted by Gasteiger charge is -2.04. The molecular formula is C12H12ClNOS. The van der Waals surface area contributed by atoms with E-state index in [-0.39, 0.29) is 0 Å². The average molecular weight is 254 g/mol. The fraction of sp³-hybridized carbons (Fsp3) is 0.250. The van der Waals surface area contributed by atoms with E-state index in [1.807, 2.05) is 38.1 Å². The maximum atomic E-state index is 5.89. The van der Waals surface area contributed by atoms with Gasteiger partial charge in [0.15, 0.2) is 4.47 Å². The molecule has 0 saturated carbocycles. The smallest absolute Gasteiger partial charge is 0.184 e. The minimum atomic E-state index is 0.578. The second kappa shape index (κ2) is 4.85. The summed E-state index contributed by atoms with van der Waals surface area (Å²) in [7, 11) is 0. The molecule has 4 heteroatoms. The van der Waals surface area contributed by atoms with Crippen molar-refractivity contribution in [3.63, 3.8) is 0 Å². The van der Waals surface area contributed by atoms with Crippen LogP contribution in [0.25, 0.3) is 11.3 Å². The summed E-state index contributed by atoms with van der Waals surface area (Å²) in [5.41, 5.74) is 1.99. The van der Waals surface area contributed by atoms with Gasteiger partial charge in [0, 0.05) is 10.4 Å². The van der Waals surface area contributed by atoms with E-state index >= 15 is 0 Å². The molecule has 2 nitrogen and oxygen atoms in total. The molecule has 84 valence electrons. The molecule has 2 rings (SSSR count). The van der Waals surface area contributed by atoms with Crippen LogP contribution in [0.1, 0.15) is 11.8 Å². The molecule has 0 radical (unpaired) electrons. The van der Waals surface area contributed by atoms with Gasteiger partial charge in [0.1, 0.15) is 5.75 Å². The van der Waals surface area contributed by atoms with Crippen molar-refractivity contribution in [2.75, 3.05) is 6.61 Å². The third-order valence-corrected chi connectivity index (χ3v) is 3.26. The molecule has 16 heavy (non-hydrogen) atoms. The third-order valence-electron chi connectivity index (χ3n) is 2.19. The molecule has 1 aromatic heterocycles. The van der Waals surface area contributed by atoms with Crippen LogP contribution in [0.15, 0.2) is 24.3 Å². The minimum absolute atomic E-state index is 0.578. The van der Waals surface area contributed by atoms with Crippen LogP contribution in [0.5, 0.6) is 5.75 Å². The number of rotatable bonds is 3. The molecule has 0 N–H and O–H groups in total. The largest absolute Gasteiger partial charge is 0.494 e. The van der Waals surface area contributed by atoms with Gasteiger partial charge in [0.2, 0.25) is 0 Å². The van der Waals surface area contributed by atoms with Gasteiger partial charge in [-0.1, -0.05) is 23.7 Å². The molecule has 0 atom stereocenters. The summed E-state index contributed by atoms with van der Waals surface area (Å²) in [6.45, 7) is 4.66. The first kappa shape index (κ1) is 11.4. The fourth-order valence-corrected chi connectivity index (χ4v) is 2.61. The number of aromatic nitrogens is 1. The van der Waals surface area contributed by atoms with Gasteiger partial charge in [0.25, 0.3) is 0 Å². The number of nitrogens with zero attached hydrogens (tertiary/aromatic N) is 1. The van der Waals surface area contributed by atoms with Gasteiger partial charge >= 0.3 is 0 Å². The molecule has 1 heterocycles. The molecule has 0 fully saturated rings. The highest BCUT2D eigenvalue weighted by Gasteiger charge is 2.08. The van der Waals surface area contributed by atoms with Crippen molar-refractivity contribution in [2.45, 2.75) is 13.8 Å². The van der Waals surface area contributed by atoms with Gasteiger partial charge < -0.3 is 4.74 Å². The Bertz CT molecular complexity index is 496. The van der Waals surface area contributed by atoms with Crippen LogP contribution < -0.4 is 4.74 Å². The average Bonchev–Trinajstić information content (AvgIpc) is 2.59. The Morgan fingerprint density at radius 1 is 1.44 bits per heavy atom. The van der Waals surface area contributed by atoms with Crippen LogP contribution in [-0.4, -0.2) is 11.6 Å². The van der Waals surface area contributed by atoms with Crippen LogP contribution in [0.2, 0.25) is 4.47 Å². The molecular weight excluding hydrogens is 242 g/mol. The Morgan fingerprint density at radius 3 is 2.88 bits per heavy atom. The number of halogens is 1. The van der Waals surface area contributed by atoms with Crippen molar-refractivity contribution in [3.05, 3.63) is 33.6 Å². The summed E-state index contributed by atoms with van der Waals surface area (Å²) in [6.07, 6.45) is 0. The van der Waals surface area contributed by atoms with E-state index in [1.54, 1.807) is 0 Å². The maximum absolute atomic E-state index is 5.89. The summed E-state index contributed by atoms with van der Waals surface area (Å²) in [5, 5.41) is 0. The molecule has 0 amide bonds. The summed E-state index contributed by atoms with van der Waals surface area (Å²) in [4.78, 5) is 5.43. The van der Waals surface area contributed by atoms with E-state index in [0.717, 1.165) is 21.9 Å². The molecule has 1 aromatic carbocycles. The van der Waals surface area contributed by atoms with Crippen molar-refractivity contribution in [3.8, 4) is 17.0 Å². The zero-order chi connectivity index (χ0) is 11.5. The van der Waals surface area contributed by atoms with Gasteiger partial charge in [-0.2, -0.15) is 0 Å². The molecule has 0 aliphatic carbocycles. The highest BCUT2D eigenvalue weighted by molar-refractivity contribution is 7.16. The fourth-order valence-electron chi connectivity index (χ4n) is 1.53. The van der Waals surface area contributed by atoms with Crippen molar-refractivity contribution in [1.82, 2.24) is 4.98 Å². The number of benzene rings is 1. The lowest BCUT2D eigenvalue weighted by molar-refractivity contribution is 0.340. The third kappa shape index (κ3) is 2.36. The first-order valence-corrected chi connectivity index (χ1v) is 6.26. The number of aryl methyl sites for hydroxylation is 1. The van der Waals surface area contributed by atoms with E-state index < -0.39 is 0 Å². The molecule has 0 saturated heterocycles. The first-order chi connectivity index (χ1) is 7.70. The summed E-state index contributed by atoms with van der Waals surface area (Å²) in [6, 6.07) is 7.91. The Morgan fingerprint density at radius 2 is 2.25 bits per heavy atom. The van der Waals surface area contributed by atoms with Crippen LogP contribution in [0.4, 0.5) is 0 Å². The van der Waals surface area contributed by atoms with Gasteiger partial charge in [0.05, 0.1) is 12.3 Å². The molecule has 0 aliphatic rings. The maximum Gasteiger partial charge on any atom is 0.184 e. The zero-order valence-corrected chi connectivity index (χ0v) is 10.7. The van der Waals surface area contributed by atoms with Gasteiger partial charge in [-0.05, 0) is 26.0 Å². The Hall–Kier alpha value is -1.06. The number of thiazole rings is 1. The normalized spacial score (nSPS) is 10.4. The Labute approximate surface area is 104 Å². The molecule has 0 unspecified atom stereocenters. The van der Waals surface area contributed by atoms with Crippen LogP contribution in [0.3, 0.4) is 0 Å². The number of hydrogen-bond acceptors (Lipinski definition) is 3. The topological polar surface area (TPSA) is 22.1 Å². The van der Waals surface area contributed by atoms with Crippen molar-refractivity contribution in [1.29, 1.82) is 0 Å². The lowest BCUT2D eigenvalue weighted by atomic mass is 10.1. The first-order valence-electron chi connectivity index (χ1n) is 5.07. The SMILES string of the molecule is CCOc1cccc(-c2nc(Cl)sc2C)c1. The highest BCUT2D eigenvalue weighted by atomic mass is 35.5. The predicted octanol–water partition coefficient (Wildman–Crippen LogP) is 4.17. The quantitative estimate of drug-likeness (QED) is 0.819. The van der Waals surface area contributed by atoms with Crippen molar-refractivity contribution in [2.24, 2.45) is 0 Å². The second-order valence-corrected chi connectivity index (χ2v) is 5.12. The Kier molecular flexibility index (Phi) is 3.46. The van der Waals surface area contributed by atoms with E-state index in [0.29, 0.717) is 11.1 Å². The summed E-state index contributed by atoms with van der Waals surface area (Å²) >= 11 is 7.39. The minimum Gasteiger partial charge on any atom is -0.494 e. The van der Waals surface area contributed by atoms with Gasteiger partial charge in [-0.15, -0.1) is 11.3 Å². The molecule has 0 aliphatic heterocycles. The van der Waals surface area contributed by atoms with Crippen LogP contribution >= 0.6 is 22.9 Å². The monoisotopic (exact) mass is 253 g/mol. The van der Waals surface area contributed by atoms with Crippen LogP contribution in [-0.2, 0) is 0 Å². The zero-order valence-electron chi connectivity index (χ0n) is 9.16. The molecule has 0 spiro atoms. The van der Waals surface area contributed by atoms with Crippen molar-refractivity contribution >= 4 is 22.9 Å². The highest BCUT2D eigenvalue weighted by Crippen LogP contribution is 2.31. The van der Waals surface area contributed by atoms with E-state index in [9.17, 15) is 0 Å². The van der Waals surface area contributed by atoms with Crippen molar-refractivity contribution < 1.29 is 4.74 Å². The lowest BCUT2D eigenvalue weighted by Crippen LogP contribution is -1.91. The van der Waals surface area contributed by atoms with Gasteiger partial charge in [-0.3, -0.25) is 0 Å². The number of ether oxygens (including phenoxy) is 1.